The van der Waals surface area contributed by atoms with Crippen molar-refractivity contribution in [3.05, 3.63) is 28.7 Å². The van der Waals surface area contributed by atoms with E-state index in [1.165, 1.54) is 39.8 Å². The molecule has 3 aliphatic heterocycles. The predicted molar refractivity (Wildman–Crippen MR) is 187 cm³/mol. The third-order valence-electron chi connectivity index (χ3n) is 15.5. The molecule has 8 rings (SSSR count). The number of ether oxygens (including phenoxy) is 4. The monoisotopic (exact) mass is 841 g/mol. The van der Waals surface area contributed by atoms with Gasteiger partial charge in [0.2, 0.25) is 15.8 Å². The van der Waals surface area contributed by atoms with Crippen LogP contribution in [-0.2, 0) is 43.4 Å². The van der Waals surface area contributed by atoms with Gasteiger partial charge in [-0.15, -0.1) is 0 Å². The molecule has 7 aliphatic rings. The Morgan fingerprint density at radius 3 is 2.17 bits per heavy atom. The average molecular weight is 843 g/mol. The summed E-state index contributed by atoms with van der Waals surface area (Å²) >= 11 is 3.31. The summed E-state index contributed by atoms with van der Waals surface area (Å²) in [5, 5.41) is 62.7. The van der Waals surface area contributed by atoms with E-state index in [1.54, 1.807) is 26.0 Å². The van der Waals surface area contributed by atoms with E-state index in [0.29, 0.717) is 4.47 Å². The molecular formula is C37H48BrNO14S. The second kappa shape index (κ2) is 11.8. The Bertz CT molecular complexity index is 1910. The number of epoxide rings is 1. The molecule has 54 heavy (non-hydrogen) atoms. The Morgan fingerprint density at radius 1 is 0.944 bits per heavy atom. The molecule has 20 atom stereocenters. The Labute approximate surface area is 321 Å². The molecule has 15 nitrogen and oxygen atoms in total. The molecule has 1 aromatic rings. The third-order valence-corrected chi connectivity index (χ3v) is 17.5. The summed E-state index contributed by atoms with van der Waals surface area (Å²) in [6.07, 6.45) is -10.1. The van der Waals surface area contributed by atoms with Crippen LogP contribution in [0.15, 0.2) is 33.6 Å². The first kappa shape index (κ1) is 38.8. The van der Waals surface area contributed by atoms with Crippen LogP contribution < -0.4 is 4.72 Å². The van der Waals surface area contributed by atoms with Gasteiger partial charge in [0.05, 0.1) is 52.3 Å². The Morgan fingerprint density at radius 2 is 1.57 bits per heavy atom. The fourth-order valence-corrected chi connectivity index (χ4v) is 14.6. The number of esters is 2. The molecule has 7 fully saturated rings. The molecular weight excluding hydrogens is 794 g/mol. The van der Waals surface area contributed by atoms with E-state index in [1.807, 2.05) is 0 Å². The standard InChI is InChI=1S/C37H48BrNO14S/c1-13-21-24(34(5)35(6,47)32(46)53-36(34,7)52-13)27(43)22-20-23(29(50-15(3)41)31(45)37(21,22)14(2)40)33(4)18(12-19-28(51-19)30(33)44)25(26(20)42)39-54(48,49)17-10-8-16(38)9-11-17/h8-11,13,18-31,39,42-45,47H,12H2,1-7H3/t13-,18?,19-,20-,21-,22+,23+,24-,25+,26+,27+,28-,29-,30-,31-,33-,34-,35+,36-,37+/m0/s1. The SMILES string of the molecule is CC(=O)O[C@H]1[C@H]2[C@@H]([C@@H](O)[C@H](NS(=O)(=O)c3ccc(Br)cc3)C3C[C@@H]4O[C@@H]4[C@H](O)[C@@]32C)[C@@H]2[C@@H](O)[C@@H]3[C@H]([C@H](C)O[C@@]4(C)OC(=O)[C@@](C)(O)[C@]34C)[C@@]2(C(C)=O)[C@H]1O. The number of aliphatic hydroxyl groups excluding tert-OH is 4. The maximum atomic E-state index is 14.6. The summed E-state index contributed by atoms with van der Waals surface area (Å²) < 4.78 is 55.5. The van der Waals surface area contributed by atoms with Crippen molar-refractivity contribution in [1.29, 1.82) is 0 Å². The Hall–Kier alpha value is -2.06. The molecule has 298 valence electrons. The first-order valence-electron chi connectivity index (χ1n) is 18.4. The number of nitrogens with one attached hydrogen (secondary N) is 1. The normalized spacial score (nSPS) is 54.2. The highest BCUT2D eigenvalue weighted by molar-refractivity contribution is 9.10. The van der Waals surface area contributed by atoms with E-state index in [2.05, 4.69) is 20.7 Å². The first-order chi connectivity index (χ1) is 24.9. The van der Waals surface area contributed by atoms with Gasteiger partial charge in [-0.05, 0) is 70.2 Å². The number of rotatable bonds is 5. The van der Waals surface area contributed by atoms with Crippen molar-refractivity contribution in [2.75, 3.05) is 0 Å². The van der Waals surface area contributed by atoms with Gasteiger partial charge in [-0.2, -0.15) is 0 Å². The van der Waals surface area contributed by atoms with Gasteiger partial charge < -0.3 is 44.5 Å². The van der Waals surface area contributed by atoms with Gasteiger partial charge in [0, 0.05) is 47.4 Å². The molecule has 0 bridgehead atoms. The van der Waals surface area contributed by atoms with E-state index in [0.717, 1.165) is 6.92 Å². The maximum absolute atomic E-state index is 14.6. The minimum absolute atomic E-state index is 0.105. The van der Waals surface area contributed by atoms with Gasteiger partial charge in [0.15, 0.2) is 5.60 Å². The average Bonchev–Trinajstić information content (AvgIpc) is 3.77. The van der Waals surface area contributed by atoms with Crippen molar-refractivity contribution >= 4 is 43.7 Å². The van der Waals surface area contributed by atoms with Gasteiger partial charge in [-0.1, -0.05) is 22.9 Å². The number of carbonyl (C=O) groups excluding carboxylic acids is 3. The van der Waals surface area contributed by atoms with Crippen molar-refractivity contribution in [1.82, 2.24) is 4.72 Å². The topological polar surface area (TPSA) is 239 Å². The smallest absolute Gasteiger partial charge is 0.341 e. The predicted octanol–water partition coefficient (Wildman–Crippen LogP) is 0.411. The minimum atomic E-state index is -4.36. The molecule has 6 N–H and O–H groups in total. The van der Waals surface area contributed by atoms with Crippen LogP contribution in [0, 0.1) is 51.8 Å². The summed E-state index contributed by atoms with van der Waals surface area (Å²) in [6.45, 7) is 9.86. The zero-order valence-corrected chi connectivity index (χ0v) is 33.3. The van der Waals surface area contributed by atoms with Gasteiger partial charge in [-0.25, -0.2) is 17.9 Å². The lowest BCUT2D eigenvalue weighted by Crippen LogP contribution is -2.77. The molecule has 17 heteroatoms. The largest absolute Gasteiger partial charge is 0.459 e. The van der Waals surface area contributed by atoms with Crippen LogP contribution in [0.2, 0.25) is 0 Å². The summed E-state index contributed by atoms with van der Waals surface area (Å²) in [6, 6.07) is 4.52. The molecule has 0 radical (unpaired) electrons. The van der Waals surface area contributed by atoms with Gasteiger partial charge in [0.25, 0.3) is 0 Å². The number of fused-ring (bicyclic) bond motifs is 10. The second-order valence-corrected chi connectivity index (χ2v) is 20.1. The molecule has 3 heterocycles. The minimum Gasteiger partial charge on any atom is -0.459 e. The highest BCUT2D eigenvalue weighted by atomic mass is 79.9. The molecule has 1 unspecified atom stereocenters. The molecule has 0 spiro atoms. The number of aliphatic hydroxyl groups is 5. The van der Waals surface area contributed by atoms with Crippen molar-refractivity contribution in [2.45, 2.75) is 126 Å². The van der Waals surface area contributed by atoms with Gasteiger partial charge >= 0.3 is 11.9 Å². The quantitative estimate of drug-likeness (QED) is 0.174. The molecule has 3 saturated heterocycles. The van der Waals surface area contributed by atoms with E-state index in [-0.39, 0.29) is 11.3 Å². The summed E-state index contributed by atoms with van der Waals surface area (Å²) in [5.41, 5.74) is -7.55. The van der Waals surface area contributed by atoms with Crippen molar-refractivity contribution in [3.63, 3.8) is 0 Å². The van der Waals surface area contributed by atoms with Crippen LogP contribution in [-0.4, -0.2) is 118 Å². The zero-order chi connectivity index (χ0) is 39.6. The highest BCUT2D eigenvalue weighted by Gasteiger charge is 2.87. The molecule has 1 aromatic carbocycles. The third kappa shape index (κ3) is 4.51. The van der Waals surface area contributed by atoms with Crippen LogP contribution in [0.4, 0.5) is 0 Å². The number of sulfonamides is 1. The van der Waals surface area contributed by atoms with Crippen LogP contribution in [0.25, 0.3) is 0 Å². The van der Waals surface area contributed by atoms with E-state index in [4.69, 9.17) is 18.9 Å². The number of benzene rings is 1. The molecule has 4 saturated carbocycles. The number of hydrogen-bond donors (Lipinski definition) is 6. The number of carbonyl (C=O) groups is 3. The number of hydrogen-bond acceptors (Lipinski definition) is 14. The van der Waals surface area contributed by atoms with Crippen molar-refractivity contribution in [2.24, 2.45) is 51.8 Å². The number of ketones is 1. The van der Waals surface area contributed by atoms with E-state index in [9.17, 15) is 48.3 Å². The van der Waals surface area contributed by atoms with Crippen molar-refractivity contribution in [3.8, 4) is 0 Å². The van der Waals surface area contributed by atoms with Crippen LogP contribution in [0.1, 0.15) is 54.9 Å². The molecule has 4 aliphatic carbocycles. The Balaban J connectivity index is 1.37. The summed E-state index contributed by atoms with van der Waals surface area (Å²) in [7, 11) is -4.36. The fraction of sp³-hybridized carbons (Fsp3) is 0.757. The lowest BCUT2D eigenvalue weighted by Gasteiger charge is -2.67. The molecule has 0 amide bonds. The number of halogens is 1. The van der Waals surface area contributed by atoms with Crippen molar-refractivity contribution < 1.29 is 67.3 Å². The number of Topliss-reactive ketones (excluding diaryl/α,β-unsaturated/α-hetero) is 1. The van der Waals surface area contributed by atoms with Gasteiger partial charge in [-0.3, -0.25) is 9.59 Å². The maximum Gasteiger partial charge on any atom is 0.341 e. The zero-order valence-electron chi connectivity index (χ0n) is 30.9. The first-order valence-corrected chi connectivity index (χ1v) is 20.7. The lowest BCUT2D eigenvalue weighted by atomic mass is 9.40. The second-order valence-electron chi connectivity index (χ2n) is 17.5. The van der Waals surface area contributed by atoms with Crippen LogP contribution in [0.5, 0.6) is 0 Å². The summed E-state index contributed by atoms with van der Waals surface area (Å²) in [4.78, 5) is 40.8. The summed E-state index contributed by atoms with van der Waals surface area (Å²) in [5.74, 6) is -11.5. The van der Waals surface area contributed by atoms with E-state index < -0.39 is 146 Å². The lowest BCUT2D eigenvalue weighted by molar-refractivity contribution is -0.339. The van der Waals surface area contributed by atoms with Gasteiger partial charge in [0.1, 0.15) is 24.1 Å². The molecule has 0 aromatic heterocycles. The highest BCUT2D eigenvalue weighted by Crippen LogP contribution is 2.76. The fourth-order valence-electron chi connectivity index (χ4n) is 13.1. The van der Waals surface area contributed by atoms with Crippen LogP contribution >= 0.6 is 15.9 Å². The van der Waals surface area contributed by atoms with Crippen LogP contribution in [0.3, 0.4) is 0 Å². The van der Waals surface area contributed by atoms with E-state index >= 15 is 0 Å². The Kier molecular flexibility index (Phi) is 8.45.